The first-order valence-corrected chi connectivity index (χ1v) is 8.49. The van der Waals surface area contributed by atoms with Crippen molar-refractivity contribution in [2.24, 2.45) is 7.05 Å². The Kier molecular flexibility index (Phi) is 3.27. The lowest BCUT2D eigenvalue weighted by molar-refractivity contribution is 0.796. The molecule has 0 spiro atoms. The highest BCUT2D eigenvalue weighted by molar-refractivity contribution is 8.00. The zero-order valence-electron chi connectivity index (χ0n) is 11.6. The van der Waals surface area contributed by atoms with E-state index in [0.717, 1.165) is 21.0 Å². The van der Waals surface area contributed by atoms with Gasteiger partial charge in [0.25, 0.3) is 0 Å². The predicted octanol–water partition coefficient (Wildman–Crippen LogP) is 3.97. The van der Waals surface area contributed by atoms with Crippen LogP contribution in [0.3, 0.4) is 0 Å². The molecule has 2 aromatic heterocycles. The van der Waals surface area contributed by atoms with Gasteiger partial charge in [-0.3, -0.25) is 0 Å². The fourth-order valence-electron chi connectivity index (χ4n) is 2.21. The third-order valence-corrected chi connectivity index (χ3v) is 5.39. The second-order valence-corrected chi connectivity index (χ2v) is 7.11. The predicted molar refractivity (Wildman–Crippen MR) is 84.7 cm³/mol. The summed E-state index contributed by atoms with van der Waals surface area (Å²) in [7, 11) is 2.04. The van der Waals surface area contributed by atoms with Gasteiger partial charge in [0.1, 0.15) is 5.82 Å². The maximum atomic E-state index is 4.61. The summed E-state index contributed by atoms with van der Waals surface area (Å²) in [5.74, 6) is 1.62. The molecule has 21 heavy (non-hydrogen) atoms. The van der Waals surface area contributed by atoms with Crippen molar-refractivity contribution in [2.45, 2.75) is 28.3 Å². The van der Waals surface area contributed by atoms with Crippen LogP contribution in [0.1, 0.15) is 24.6 Å². The Morgan fingerprint density at radius 1 is 1.24 bits per heavy atom. The highest BCUT2D eigenvalue weighted by Crippen LogP contribution is 2.40. The molecule has 1 aliphatic rings. The molecule has 0 atom stereocenters. The maximum absolute atomic E-state index is 4.61. The van der Waals surface area contributed by atoms with Crippen LogP contribution in [-0.2, 0) is 7.05 Å². The van der Waals surface area contributed by atoms with Crippen molar-refractivity contribution >= 4 is 23.3 Å². The Labute approximate surface area is 131 Å². The van der Waals surface area contributed by atoms with E-state index in [0.29, 0.717) is 5.92 Å². The number of hydrogen-bond donors (Lipinski definition) is 0. The van der Waals surface area contributed by atoms with E-state index in [1.807, 2.05) is 31.4 Å². The topological polar surface area (TPSA) is 43.6 Å². The van der Waals surface area contributed by atoms with Crippen molar-refractivity contribution in [1.82, 2.24) is 18.9 Å². The van der Waals surface area contributed by atoms with Gasteiger partial charge in [-0.05, 0) is 41.7 Å². The van der Waals surface area contributed by atoms with Crippen molar-refractivity contribution in [3.05, 3.63) is 42.4 Å². The van der Waals surface area contributed by atoms with E-state index in [1.54, 1.807) is 11.8 Å². The van der Waals surface area contributed by atoms with Gasteiger partial charge in [0.05, 0.1) is 11.9 Å². The Morgan fingerprint density at radius 2 is 2.05 bits per heavy atom. The molecule has 1 aromatic carbocycles. The van der Waals surface area contributed by atoms with E-state index in [4.69, 9.17) is 0 Å². The summed E-state index contributed by atoms with van der Waals surface area (Å²) in [5.41, 5.74) is 2.29. The zero-order chi connectivity index (χ0) is 14.2. The molecule has 4 rings (SSSR count). The van der Waals surface area contributed by atoms with Crippen LogP contribution in [-0.4, -0.2) is 18.9 Å². The average molecular weight is 314 g/mol. The van der Waals surface area contributed by atoms with E-state index in [1.165, 1.54) is 29.9 Å². The van der Waals surface area contributed by atoms with Crippen molar-refractivity contribution in [3.63, 3.8) is 0 Å². The molecule has 0 N–H and O–H groups in total. The lowest BCUT2D eigenvalue weighted by Crippen LogP contribution is -1.93. The number of hydrogen-bond acceptors (Lipinski definition) is 5. The molecule has 0 saturated heterocycles. The van der Waals surface area contributed by atoms with Crippen LogP contribution in [0.25, 0.3) is 11.3 Å². The SMILES string of the molecule is Cn1c(-c2ccccc2)cnc1Sc1nc(C2CC2)ns1. The molecule has 0 aliphatic heterocycles. The summed E-state index contributed by atoms with van der Waals surface area (Å²) in [6, 6.07) is 10.3. The van der Waals surface area contributed by atoms with Crippen LogP contribution in [0.2, 0.25) is 0 Å². The van der Waals surface area contributed by atoms with Crippen LogP contribution in [0.5, 0.6) is 0 Å². The lowest BCUT2D eigenvalue weighted by atomic mass is 10.2. The van der Waals surface area contributed by atoms with Gasteiger partial charge < -0.3 is 4.57 Å². The Morgan fingerprint density at radius 3 is 2.81 bits per heavy atom. The number of nitrogens with zero attached hydrogens (tertiary/aromatic N) is 4. The molecule has 4 nitrogen and oxygen atoms in total. The smallest absolute Gasteiger partial charge is 0.177 e. The van der Waals surface area contributed by atoms with Crippen LogP contribution in [0.15, 0.2) is 46.0 Å². The normalized spacial score (nSPS) is 14.5. The Hall–Kier alpha value is -1.66. The summed E-state index contributed by atoms with van der Waals surface area (Å²) in [5, 5.41) is 0.951. The standard InChI is InChI=1S/C15H14N4S2/c1-19-12(10-5-3-2-4-6-10)9-16-14(19)20-15-17-13(18-21-15)11-7-8-11/h2-6,9,11H,7-8H2,1H3. The average Bonchev–Trinajstić information content (AvgIpc) is 3.16. The van der Waals surface area contributed by atoms with Gasteiger partial charge in [-0.2, -0.15) is 4.37 Å². The summed E-state index contributed by atoms with van der Waals surface area (Å²) < 4.78 is 7.53. The van der Waals surface area contributed by atoms with E-state index in [-0.39, 0.29) is 0 Å². The van der Waals surface area contributed by atoms with Crippen LogP contribution >= 0.6 is 23.3 Å². The molecule has 0 bridgehead atoms. The highest BCUT2D eigenvalue weighted by Gasteiger charge is 2.28. The third kappa shape index (κ3) is 2.61. The van der Waals surface area contributed by atoms with Crippen molar-refractivity contribution in [3.8, 4) is 11.3 Å². The van der Waals surface area contributed by atoms with Gasteiger partial charge in [0.15, 0.2) is 9.50 Å². The molecule has 0 radical (unpaired) electrons. The molecular weight excluding hydrogens is 300 g/mol. The van der Waals surface area contributed by atoms with Gasteiger partial charge in [-0.15, -0.1) is 0 Å². The van der Waals surface area contributed by atoms with Gasteiger partial charge in [0.2, 0.25) is 0 Å². The fourth-order valence-corrected chi connectivity index (χ4v) is 3.83. The molecule has 6 heteroatoms. The first kappa shape index (κ1) is 13.0. The summed E-state index contributed by atoms with van der Waals surface area (Å²) >= 11 is 3.07. The molecular formula is C15H14N4S2. The van der Waals surface area contributed by atoms with Crippen LogP contribution < -0.4 is 0 Å². The second-order valence-electron chi connectivity index (χ2n) is 5.15. The summed E-state index contributed by atoms with van der Waals surface area (Å²) in [6.45, 7) is 0. The molecule has 2 heterocycles. The van der Waals surface area contributed by atoms with Gasteiger partial charge in [-0.1, -0.05) is 30.3 Å². The Bertz CT molecular complexity index is 759. The third-order valence-electron chi connectivity index (χ3n) is 3.56. The van der Waals surface area contributed by atoms with E-state index in [2.05, 4.69) is 31.0 Å². The molecule has 0 unspecified atom stereocenters. The minimum Gasteiger partial charge on any atom is -0.322 e. The second kappa shape index (κ2) is 5.27. The largest absolute Gasteiger partial charge is 0.322 e. The number of aromatic nitrogens is 4. The monoisotopic (exact) mass is 314 g/mol. The van der Waals surface area contributed by atoms with Gasteiger partial charge in [0, 0.05) is 13.0 Å². The molecule has 3 aromatic rings. The minimum absolute atomic E-state index is 0.608. The summed E-state index contributed by atoms with van der Waals surface area (Å²) in [6.07, 6.45) is 4.39. The quantitative estimate of drug-likeness (QED) is 0.731. The van der Waals surface area contributed by atoms with Gasteiger partial charge >= 0.3 is 0 Å². The Balaban J connectivity index is 1.59. The summed E-state index contributed by atoms with van der Waals surface area (Å²) in [4.78, 5) is 9.13. The molecule has 1 fully saturated rings. The van der Waals surface area contributed by atoms with Crippen molar-refractivity contribution < 1.29 is 0 Å². The van der Waals surface area contributed by atoms with Crippen molar-refractivity contribution in [1.29, 1.82) is 0 Å². The first-order chi connectivity index (χ1) is 10.3. The number of benzene rings is 1. The molecule has 1 saturated carbocycles. The molecule has 1 aliphatic carbocycles. The van der Waals surface area contributed by atoms with Crippen LogP contribution in [0.4, 0.5) is 0 Å². The molecule has 106 valence electrons. The first-order valence-electron chi connectivity index (χ1n) is 6.90. The maximum Gasteiger partial charge on any atom is 0.177 e. The lowest BCUT2D eigenvalue weighted by Gasteiger charge is -2.04. The number of rotatable bonds is 4. The fraction of sp³-hybridized carbons (Fsp3) is 0.267. The van der Waals surface area contributed by atoms with Crippen LogP contribution in [0, 0.1) is 0 Å². The van der Waals surface area contributed by atoms with E-state index in [9.17, 15) is 0 Å². The highest BCUT2D eigenvalue weighted by atomic mass is 32.2. The number of imidazole rings is 1. The zero-order valence-corrected chi connectivity index (χ0v) is 13.2. The van der Waals surface area contributed by atoms with Crippen molar-refractivity contribution in [2.75, 3.05) is 0 Å². The molecule has 0 amide bonds. The van der Waals surface area contributed by atoms with E-state index >= 15 is 0 Å². The minimum atomic E-state index is 0.608. The van der Waals surface area contributed by atoms with E-state index < -0.39 is 0 Å². The van der Waals surface area contributed by atoms with Gasteiger partial charge in [-0.25, -0.2) is 9.97 Å².